The first-order valence-corrected chi connectivity index (χ1v) is 8.68. The van der Waals surface area contributed by atoms with Crippen LogP contribution < -0.4 is 4.74 Å². The van der Waals surface area contributed by atoms with Gasteiger partial charge in [0.05, 0.1) is 19.3 Å². The molecule has 0 unspecified atom stereocenters. The maximum absolute atomic E-state index is 12.8. The topological polar surface area (TPSA) is 53.8 Å². The quantitative estimate of drug-likeness (QED) is 0.777. The molecule has 0 atom stereocenters. The van der Waals surface area contributed by atoms with E-state index in [1.165, 1.54) is 17.7 Å². The second-order valence-electron chi connectivity index (χ2n) is 6.26. The minimum Gasteiger partial charge on any atom is -0.492 e. The summed E-state index contributed by atoms with van der Waals surface area (Å²) >= 11 is 0. The molecule has 25 heavy (non-hydrogen) atoms. The third-order valence-electron chi connectivity index (χ3n) is 4.38. The van der Waals surface area contributed by atoms with Gasteiger partial charge in [-0.2, -0.15) is 5.10 Å². The molecular formula is C18H25FN4O2. The van der Waals surface area contributed by atoms with Crippen molar-refractivity contribution in [2.24, 2.45) is 0 Å². The lowest BCUT2D eigenvalue weighted by atomic mass is 10.2. The highest BCUT2D eigenvalue weighted by Crippen LogP contribution is 2.12. The van der Waals surface area contributed by atoms with Gasteiger partial charge in [-0.1, -0.05) is 0 Å². The van der Waals surface area contributed by atoms with Crippen LogP contribution in [0.15, 0.2) is 36.7 Å². The van der Waals surface area contributed by atoms with Crippen molar-refractivity contribution in [2.45, 2.75) is 13.1 Å². The molecule has 3 rings (SSSR count). The summed E-state index contributed by atoms with van der Waals surface area (Å²) in [6.45, 7) is 7.09. The lowest BCUT2D eigenvalue weighted by Gasteiger charge is -2.34. The Balaban J connectivity index is 1.34. The smallest absolute Gasteiger partial charge is 0.123 e. The molecule has 0 radical (unpaired) electrons. The molecule has 2 aromatic rings. The first kappa shape index (κ1) is 17.8. The molecule has 1 aliphatic heterocycles. The normalized spacial score (nSPS) is 16.2. The number of benzene rings is 1. The van der Waals surface area contributed by atoms with E-state index in [0.717, 1.165) is 39.3 Å². The largest absolute Gasteiger partial charge is 0.492 e. The number of aromatic nitrogens is 2. The number of halogens is 1. The first-order valence-electron chi connectivity index (χ1n) is 8.68. The molecule has 7 heteroatoms. The van der Waals surface area contributed by atoms with E-state index in [0.29, 0.717) is 18.9 Å². The molecule has 136 valence electrons. The van der Waals surface area contributed by atoms with E-state index < -0.39 is 0 Å². The predicted octanol–water partition coefficient (Wildman–Crippen LogP) is 1.21. The van der Waals surface area contributed by atoms with Crippen molar-refractivity contribution in [3.8, 4) is 5.75 Å². The van der Waals surface area contributed by atoms with Crippen LogP contribution in [-0.2, 0) is 13.1 Å². The predicted molar refractivity (Wildman–Crippen MR) is 92.9 cm³/mol. The van der Waals surface area contributed by atoms with Crippen LogP contribution >= 0.6 is 0 Å². The number of aliphatic hydroxyl groups excluding tert-OH is 1. The minimum absolute atomic E-state index is 0.111. The van der Waals surface area contributed by atoms with Crippen molar-refractivity contribution >= 4 is 0 Å². The molecule has 6 nitrogen and oxygen atoms in total. The summed E-state index contributed by atoms with van der Waals surface area (Å²) in [7, 11) is 0. The van der Waals surface area contributed by atoms with Gasteiger partial charge in [0.1, 0.15) is 18.2 Å². The fourth-order valence-corrected chi connectivity index (χ4v) is 2.97. The van der Waals surface area contributed by atoms with Gasteiger partial charge in [0.25, 0.3) is 0 Å². The summed E-state index contributed by atoms with van der Waals surface area (Å²) in [4.78, 5) is 4.80. The van der Waals surface area contributed by atoms with Gasteiger partial charge in [0.15, 0.2) is 0 Å². The molecular weight excluding hydrogens is 323 g/mol. The Kier molecular flexibility index (Phi) is 6.38. The zero-order chi connectivity index (χ0) is 17.5. The minimum atomic E-state index is -0.245. The van der Waals surface area contributed by atoms with E-state index in [1.807, 2.05) is 12.4 Å². The standard InChI is InChI=1S/C18H25FN4O2/c19-17-1-3-18(4-2-17)25-12-10-21-5-7-22(8-6-21)14-16-13-20-23(15-16)9-11-24/h1-4,13,15,24H,5-12,14H2. The van der Waals surface area contributed by atoms with Crippen LogP contribution in [-0.4, -0.2) is 70.6 Å². The second kappa shape index (κ2) is 8.94. The number of nitrogens with zero attached hydrogens (tertiary/aromatic N) is 4. The summed E-state index contributed by atoms with van der Waals surface area (Å²) < 4.78 is 20.3. The maximum Gasteiger partial charge on any atom is 0.123 e. The molecule has 0 saturated carbocycles. The van der Waals surface area contributed by atoms with Crippen molar-refractivity contribution in [3.05, 3.63) is 48.0 Å². The fourth-order valence-electron chi connectivity index (χ4n) is 2.97. The summed E-state index contributed by atoms with van der Waals surface area (Å²) in [5, 5.41) is 13.2. The average Bonchev–Trinajstić information content (AvgIpc) is 3.06. The molecule has 0 aliphatic carbocycles. The molecule has 2 heterocycles. The van der Waals surface area contributed by atoms with E-state index in [-0.39, 0.29) is 12.4 Å². The van der Waals surface area contributed by atoms with Crippen molar-refractivity contribution in [1.82, 2.24) is 19.6 Å². The average molecular weight is 348 g/mol. The Labute approximate surface area is 147 Å². The van der Waals surface area contributed by atoms with Gasteiger partial charge in [-0.25, -0.2) is 4.39 Å². The Morgan fingerprint density at radius 2 is 1.76 bits per heavy atom. The van der Waals surface area contributed by atoms with Crippen LogP contribution in [0.3, 0.4) is 0 Å². The lowest BCUT2D eigenvalue weighted by Crippen LogP contribution is -2.46. The van der Waals surface area contributed by atoms with Crippen LogP contribution in [0.4, 0.5) is 4.39 Å². The fraction of sp³-hybridized carbons (Fsp3) is 0.500. The summed E-state index contributed by atoms with van der Waals surface area (Å²) in [6, 6.07) is 6.14. The Hall–Kier alpha value is -1.96. The lowest BCUT2D eigenvalue weighted by molar-refractivity contribution is 0.112. The SMILES string of the molecule is OCCn1cc(CN2CCN(CCOc3ccc(F)cc3)CC2)cn1. The molecule has 1 fully saturated rings. The third kappa shape index (κ3) is 5.52. The molecule has 1 aliphatic rings. The molecule has 0 spiro atoms. The highest BCUT2D eigenvalue weighted by molar-refractivity contribution is 5.21. The van der Waals surface area contributed by atoms with Crippen molar-refractivity contribution < 1.29 is 14.2 Å². The van der Waals surface area contributed by atoms with E-state index >= 15 is 0 Å². The Bertz CT molecular complexity index is 639. The van der Waals surface area contributed by atoms with Gasteiger partial charge < -0.3 is 9.84 Å². The number of rotatable bonds is 8. The Morgan fingerprint density at radius 3 is 2.48 bits per heavy atom. The highest BCUT2D eigenvalue weighted by atomic mass is 19.1. The Morgan fingerprint density at radius 1 is 1.04 bits per heavy atom. The first-order chi connectivity index (χ1) is 12.2. The number of ether oxygens (including phenoxy) is 1. The van der Waals surface area contributed by atoms with E-state index in [9.17, 15) is 4.39 Å². The van der Waals surface area contributed by atoms with Gasteiger partial charge in [-0.3, -0.25) is 14.5 Å². The molecule has 0 amide bonds. The van der Waals surface area contributed by atoms with Crippen LogP contribution in [0.1, 0.15) is 5.56 Å². The van der Waals surface area contributed by atoms with E-state index in [1.54, 1.807) is 16.8 Å². The van der Waals surface area contributed by atoms with Crippen molar-refractivity contribution in [2.75, 3.05) is 45.9 Å². The van der Waals surface area contributed by atoms with Gasteiger partial charge in [-0.05, 0) is 24.3 Å². The van der Waals surface area contributed by atoms with Gasteiger partial charge >= 0.3 is 0 Å². The number of piperazine rings is 1. The van der Waals surface area contributed by atoms with Crippen molar-refractivity contribution in [3.63, 3.8) is 0 Å². The number of hydrogen-bond acceptors (Lipinski definition) is 5. The van der Waals surface area contributed by atoms with Crippen LogP contribution in [0.25, 0.3) is 0 Å². The van der Waals surface area contributed by atoms with Gasteiger partial charge in [0.2, 0.25) is 0 Å². The second-order valence-corrected chi connectivity index (χ2v) is 6.26. The molecule has 1 aromatic heterocycles. The van der Waals surface area contributed by atoms with Gasteiger partial charge in [-0.15, -0.1) is 0 Å². The van der Waals surface area contributed by atoms with Crippen molar-refractivity contribution in [1.29, 1.82) is 0 Å². The number of hydrogen-bond donors (Lipinski definition) is 1. The van der Waals surface area contributed by atoms with Crippen LogP contribution in [0.5, 0.6) is 5.75 Å². The molecule has 0 bridgehead atoms. The number of aliphatic hydroxyl groups is 1. The van der Waals surface area contributed by atoms with E-state index in [4.69, 9.17) is 9.84 Å². The van der Waals surface area contributed by atoms with Crippen LogP contribution in [0.2, 0.25) is 0 Å². The highest BCUT2D eigenvalue weighted by Gasteiger charge is 2.17. The van der Waals surface area contributed by atoms with Gasteiger partial charge in [0, 0.05) is 51.0 Å². The molecule has 1 saturated heterocycles. The summed E-state index contributed by atoms with van der Waals surface area (Å²) in [5.41, 5.74) is 1.18. The zero-order valence-corrected chi connectivity index (χ0v) is 14.4. The monoisotopic (exact) mass is 348 g/mol. The maximum atomic E-state index is 12.8. The van der Waals surface area contributed by atoms with Crippen LogP contribution in [0, 0.1) is 5.82 Å². The zero-order valence-electron chi connectivity index (χ0n) is 14.4. The van der Waals surface area contributed by atoms with E-state index in [2.05, 4.69) is 14.9 Å². The molecule has 1 N–H and O–H groups in total. The molecule has 1 aromatic carbocycles. The summed E-state index contributed by atoms with van der Waals surface area (Å²) in [5.74, 6) is 0.463. The third-order valence-corrected chi connectivity index (χ3v) is 4.38. The summed E-state index contributed by atoms with van der Waals surface area (Å²) in [6.07, 6.45) is 3.87.